The van der Waals surface area contributed by atoms with E-state index in [9.17, 15) is 8.78 Å². The van der Waals surface area contributed by atoms with Crippen LogP contribution >= 0.6 is 11.6 Å². The molecule has 0 unspecified atom stereocenters. The fourth-order valence-electron chi connectivity index (χ4n) is 2.44. The van der Waals surface area contributed by atoms with Crippen molar-refractivity contribution in [3.05, 3.63) is 58.1 Å². The number of anilines is 1. The van der Waals surface area contributed by atoms with Gasteiger partial charge in [0, 0.05) is 19.0 Å². The van der Waals surface area contributed by atoms with Crippen LogP contribution in [-0.4, -0.2) is 13.2 Å². The van der Waals surface area contributed by atoms with Gasteiger partial charge >= 0.3 is 0 Å². The maximum absolute atomic E-state index is 13.6. The van der Waals surface area contributed by atoms with Gasteiger partial charge in [-0.15, -0.1) is 0 Å². The van der Waals surface area contributed by atoms with E-state index in [0.29, 0.717) is 6.54 Å². The van der Waals surface area contributed by atoms with E-state index in [1.54, 1.807) is 0 Å². The number of nitrogens with one attached hydrogen (secondary N) is 1. The van der Waals surface area contributed by atoms with Crippen molar-refractivity contribution in [2.75, 3.05) is 18.5 Å². The summed E-state index contributed by atoms with van der Waals surface area (Å²) in [6.45, 7) is 1.25. The molecule has 2 aromatic rings. The normalized spacial score (nSPS) is 12.9. The van der Waals surface area contributed by atoms with Gasteiger partial charge in [0.25, 0.3) is 0 Å². The SMILES string of the molecule is Fc1cc(F)c(NCCc2ccc3c(c2)CCO3)c(Cl)c1. The minimum atomic E-state index is -0.679. The lowest BCUT2D eigenvalue weighted by atomic mass is 10.1. The van der Waals surface area contributed by atoms with E-state index < -0.39 is 11.6 Å². The van der Waals surface area contributed by atoms with Crippen LogP contribution in [0.5, 0.6) is 5.75 Å². The fourth-order valence-corrected chi connectivity index (χ4v) is 2.70. The van der Waals surface area contributed by atoms with Crippen LogP contribution in [0, 0.1) is 11.6 Å². The smallest absolute Gasteiger partial charge is 0.150 e. The van der Waals surface area contributed by atoms with Crippen LogP contribution < -0.4 is 10.1 Å². The van der Waals surface area contributed by atoms with Gasteiger partial charge in [0.1, 0.15) is 11.6 Å². The van der Waals surface area contributed by atoms with Crippen LogP contribution in [0.15, 0.2) is 30.3 Å². The molecule has 0 atom stereocenters. The predicted octanol–water partition coefficient (Wildman–Crippen LogP) is 4.21. The number of benzene rings is 2. The summed E-state index contributed by atoms with van der Waals surface area (Å²) in [5.41, 5.74) is 2.49. The van der Waals surface area contributed by atoms with Gasteiger partial charge in [0.2, 0.25) is 0 Å². The number of hydrogen-bond donors (Lipinski definition) is 1. The van der Waals surface area contributed by atoms with Crippen LogP contribution in [0.2, 0.25) is 5.02 Å². The zero-order valence-corrected chi connectivity index (χ0v) is 12.0. The zero-order chi connectivity index (χ0) is 14.8. The molecule has 1 aliphatic rings. The Labute approximate surface area is 126 Å². The maximum Gasteiger partial charge on any atom is 0.150 e. The quantitative estimate of drug-likeness (QED) is 0.913. The summed E-state index contributed by atoms with van der Waals surface area (Å²) in [6.07, 6.45) is 1.65. The van der Waals surface area contributed by atoms with Gasteiger partial charge in [-0.25, -0.2) is 8.78 Å². The molecule has 110 valence electrons. The van der Waals surface area contributed by atoms with Crippen LogP contribution in [-0.2, 0) is 12.8 Å². The molecule has 0 aromatic heterocycles. The third kappa shape index (κ3) is 3.10. The summed E-state index contributed by atoms with van der Waals surface area (Å²) in [5, 5.41) is 2.97. The average molecular weight is 310 g/mol. The van der Waals surface area contributed by atoms with E-state index in [0.717, 1.165) is 42.9 Å². The molecule has 1 heterocycles. The Hall–Kier alpha value is -1.81. The lowest BCUT2D eigenvalue weighted by Crippen LogP contribution is -2.07. The van der Waals surface area contributed by atoms with Crippen molar-refractivity contribution in [1.29, 1.82) is 0 Å². The summed E-state index contributed by atoms with van der Waals surface area (Å²) in [5.74, 6) is -0.414. The lowest BCUT2D eigenvalue weighted by Gasteiger charge is -2.10. The molecule has 0 spiro atoms. The molecule has 0 radical (unpaired) electrons. The summed E-state index contributed by atoms with van der Waals surface area (Å²) >= 11 is 5.83. The van der Waals surface area contributed by atoms with E-state index in [1.807, 2.05) is 12.1 Å². The van der Waals surface area contributed by atoms with E-state index in [2.05, 4.69) is 11.4 Å². The highest BCUT2D eigenvalue weighted by atomic mass is 35.5. The fraction of sp³-hybridized carbons (Fsp3) is 0.250. The second kappa shape index (κ2) is 5.90. The topological polar surface area (TPSA) is 21.3 Å². The van der Waals surface area contributed by atoms with Crippen LogP contribution in [0.3, 0.4) is 0 Å². The Kier molecular flexibility index (Phi) is 3.97. The number of ether oxygens (including phenoxy) is 1. The molecule has 3 rings (SSSR count). The highest BCUT2D eigenvalue weighted by Gasteiger charge is 2.12. The van der Waals surface area contributed by atoms with Crippen molar-refractivity contribution in [2.45, 2.75) is 12.8 Å². The van der Waals surface area contributed by atoms with E-state index in [1.165, 1.54) is 5.56 Å². The van der Waals surface area contributed by atoms with E-state index >= 15 is 0 Å². The Bertz CT molecular complexity index is 652. The number of fused-ring (bicyclic) bond motifs is 1. The Morgan fingerprint density at radius 2 is 2.05 bits per heavy atom. The molecule has 0 saturated carbocycles. The first kappa shape index (κ1) is 14.1. The van der Waals surface area contributed by atoms with Gasteiger partial charge in [-0.2, -0.15) is 0 Å². The molecule has 1 N–H and O–H groups in total. The van der Waals surface area contributed by atoms with Gasteiger partial charge in [-0.05, 0) is 29.7 Å². The summed E-state index contributed by atoms with van der Waals surface area (Å²) < 4.78 is 32.0. The van der Waals surface area contributed by atoms with Gasteiger partial charge in [0.15, 0.2) is 5.82 Å². The van der Waals surface area contributed by atoms with Crippen LogP contribution in [0.4, 0.5) is 14.5 Å². The third-order valence-electron chi connectivity index (χ3n) is 3.48. The van der Waals surface area contributed by atoms with Gasteiger partial charge in [-0.3, -0.25) is 0 Å². The van der Waals surface area contributed by atoms with Crippen LogP contribution in [0.1, 0.15) is 11.1 Å². The molecule has 5 heteroatoms. The standard InChI is InChI=1S/C16H14ClF2NO/c17-13-8-12(18)9-14(19)16(13)20-5-3-10-1-2-15-11(7-10)4-6-21-15/h1-2,7-9,20H,3-6H2. The number of hydrogen-bond acceptors (Lipinski definition) is 2. The zero-order valence-electron chi connectivity index (χ0n) is 11.3. The molecule has 1 aliphatic heterocycles. The highest BCUT2D eigenvalue weighted by Crippen LogP contribution is 2.27. The predicted molar refractivity (Wildman–Crippen MR) is 79.2 cm³/mol. The summed E-state index contributed by atoms with van der Waals surface area (Å²) in [7, 11) is 0. The van der Waals surface area contributed by atoms with Crippen molar-refractivity contribution in [1.82, 2.24) is 0 Å². The number of rotatable bonds is 4. The second-order valence-corrected chi connectivity index (χ2v) is 5.37. The largest absolute Gasteiger partial charge is 0.493 e. The first-order valence-electron chi connectivity index (χ1n) is 6.76. The van der Waals surface area contributed by atoms with Gasteiger partial charge < -0.3 is 10.1 Å². The van der Waals surface area contributed by atoms with Crippen molar-refractivity contribution in [3.8, 4) is 5.75 Å². The molecule has 0 saturated heterocycles. The minimum Gasteiger partial charge on any atom is -0.493 e. The third-order valence-corrected chi connectivity index (χ3v) is 3.77. The van der Waals surface area contributed by atoms with Crippen molar-refractivity contribution in [3.63, 3.8) is 0 Å². The highest BCUT2D eigenvalue weighted by molar-refractivity contribution is 6.33. The van der Waals surface area contributed by atoms with Gasteiger partial charge in [0.05, 0.1) is 17.3 Å². The monoisotopic (exact) mass is 309 g/mol. The first-order chi connectivity index (χ1) is 10.1. The second-order valence-electron chi connectivity index (χ2n) is 4.96. The first-order valence-corrected chi connectivity index (χ1v) is 7.14. The molecule has 2 nitrogen and oxygen atoms in total. The van der Waals surface area contributed by atoms with Crippen molar-refractivity contribution < 1.29 is 13.5 Å². The van der Waals surface area contributed by atoms with Crippen molar-refractivity contribution >= 4 is 17.3 Å². The molecule has 0 aliphatic carbocycles. The molecular weight excluding hydrogens is 296 g/mol. The van der Waals surface area contributed by atoms with Gasteiger partial charge in [-0.1, -0.05) is 23.7 Å². The lowest BCUT2D eigenvalue weighted by molar-refractivity contribution is 0.357. The molecule has 2 aromatic carbocycles. The maximum atomic E-state index is 13.6. The van der Waals surface area contributed by atoms with Crippen LogP contribution in [0.25, 0.3) is 0 Å². The molecule has 0 bridgehead atoms. The molecular formula is C16H14ClF2NO. The van der Waals surface area contributed by atoms with E-state index in [-0.39, 0.29) is 10.7 Å². The Morgan fingerprint density at radius 1 is 1.19 bits per heavy atom. The Morgan fingerprint density at radius 3 is 2.86 bits per heavy atom. The molecule has 0 fully saturated rings. The average Bonchev–Trinajstić information content (AvgIpc) is 2.89. The Balaban J connectivity index is 1.64. The summed E-state index contributed by atoms with van der Waals surface area (Å²) in [6, 6.07) is 7.98. The number of halogens is 3. The molecule has 21 heavy (non-hydrogen) atoms. The van der Waals surface area contributed by atoms with Crippen molar-refractivity contribution in [2.24, 2.45) is 0 Å². The summed E-state index contributed by atoms with van der Waals surface area (Å²) in [4.78, 5) is 0. The molecule has 0 amide bonds. The van der Waals surface area contributed by atoms with E-state index in [4.69, 9.17) is 16.3 Å². The minimum absolute atomic E-state index is 0.0508.